The van der Waals surface area contributed by atoms with Crippen LogP contribution < -0.4 is 0 Å². The predicted molar refractivity (Wildman–Crippen MR) is 624 cm³/mol. The lowest BCUT2D eigenvalue weighted by Crippen LogP contribution is -1.95. The Labute approximate surface area is 839 Å². The first-order chi connectivity index (χ1) is 71.4. The maximum Gasteiger partial charge on any atom is -0.00139 e. The number of rotatable bonds is 18. The molecule has 0 aliphatic heterocycles. The zero-order valence-electron chi connectivity index (χ0n) is 79.4. The molecule has 0 saturated carbocycles. The van der Waals surface area contributed by atoms with Crippen LogP contribution in [-0.4, -0.2) is 0 Å². The van der Waals surface area contributed by atoms with E-state index in [0.717, 1.165) is 0 Å². The summed E-state index contributed by atoms with van der Waals surface area (Å²) in [5, 5.41) is 24.6. The van der Waals surface area contributed by atoms with Crippen molar-refractivity contribution >= 4 is 156 Å². The average molecular weight is 1830 g/mol. The summed E-state index contributed by atoms with van der Waals surface area (Å²) in [6.45, 7) is 0. The molecule has 0 amide bonds. The van der Waals surface area contributed by atoms with Gasteiger partial charge >= 0.3 is 0 Å². The molecule has 0 bridgehead atoms. The van der Waals surface area contributed by atoms with Crippen LogP contribution in [0.2, 0.25) is 0 Å². The van der Waals surface area contributed by atoms with Gasteiger partial charge in [-0.05, 0) is 312 Å². The topological polar surface area (TPSA) is 0 Å². The first-order valence-electron chi connectivity index (χ1n) is 49.8. The van der Waals surface area contributed by atoms with E-state index in [9.17, 15) is 0 Å². The summed E-state index contributed by atoms with van der Waals surface area (Å²) < 4.78 is 0. The lowest BCUT2D eigenvalue weighted by molar-refractivity contribution is 1.61. The van der Waals surface area contributed by atoms with Gasteiger partial charge in [-0.1, -0.05) is 534 Å². The highest BCUT2D eigenvalue weighted by Crippen LogP contribution is 2.54. The van der Waals surface area contributed by atoms with E-state index in [4.69, 9.17) is 0 Å². The zero-order valence-corrected chi connectivity index (χ0v) is 79.4. The van der Waals surface area contributed by atoms with Crippen molar-refractivity contribution in [1.29, 1.82) is 0 Å². The molecule has 0 heterocycles. The highest BCUT2D eigenvalue weighted by Gasteiger charge is 2.27. The third kappa shape index (κ3) is 17.0. The molecule has 26 rings (SSSR count). The molecule has 0 heteroatoms. The molecule has 0 atom stereocenters. The van der Waals surface area contributed by atoms with Crippen molar-refractivity contribution in [3.05, 3.63) is 578 Å². The molecule has 0 radical (unpaired) electrons. The summed E-state index contributed by atoms with van der Waals surface area (Å²) >= 11 is 0. The summed E-state index contributed by atoms with van der Waals surface area (Å²) in [4.78, 5) is 0. The lowest BCUT2D eigenvalue weighted by Gasteiger charge is -2.23. The van der Waals surface area contributed by atoms with Crippen LogP contribution in [0.4, 0.5) is 0 Å². The van der Waals surface area contributed by atoms with Gasteiger partial charge in [0.15, 0.2) is 0 Å². The van der Waals surface area contributed by atoms with Gasteiger partial charge in [0.1, 0.15) is 0 Å². The van der Waals surface area contributed by atoms with E-state index in [1.807, 2.05) is 0 Å². The highest BCUT2D eigenvalue weighted by atomic mass is 14.3. The zero-order chi connectivity index (χ0) is 95.6. The van der Waals surface area contributed by atoms with E-state index in [-0.39, 0.29) is 0 Å². The number of benzene rings is 26. The maximum atomic E-state index is 2.40. The second-order valence-corrected chi connectivity index (χ2v) is 37.5. The normalized spacial score (nSPS) is 11.8. The van der Waals surface area contributed by atoms with Crippen molar-refractivity contribution in [3.8, 4) is 111 Å². The molecule has 0 nitrogen and oxygen atoms in total. The molecule has 0 N–H and O–H groups in total. The van der Waals surface area contributed by atoms with Gasteiger partial charge in [0.05, 0.1) is 0 Å². The van der Waals surface area contributed by atoms with E-state index < -0.39 is 0 Å². The molecule has 144 heavy (non-hydrogen) atoms. The fourth-order valence-corrected chi connectivity index (χ4v) is 22.0. The third-order valence-corrected chi connectivity index (χ3v) is 28.8. The Morgan fingerprint density at radius 2 is 0.312 bits per heavy atom. The summed E-state index contributed by atoms with van der Waals surface area (Å²) in [7, 11) is 0. The maximum absolute atomic E-state index is 2.40. The van der Waals surface area contributed by atoms with Crippen molar-refractivity contribution in [2.75, 3.05) is 0 Å². The fourth-order valence-electron chi connectivity index (χ4n) is 22.0. The van der Waals surface area contributed by atoms with Crippen LogP contribution >= 0.6 is 0 Å². The molecular weight excluding hydrogens is 1730 g/mol. The minimum absolute atomic E-state index is 1.17. The standard InChI is InChI=1S/2C72H48/c1-3-18-49(19-4-1)36-38-51-22-15-26-55(46-51)58-42-44-67(63-30-11-9-28-61(58)63)70-65-32-13-14-33-66(65)72(71-60(34-17-35-69(70)71)57-41-40-53-24-7-8-25-54(53)48-57)68-45-43-59(62-29-10-12-31-64(62)68)56-27-16-23-52(47-56)39-37-50-20-5-2-6-21-50;1-3-16-49(17-4-1)34-36-51-20-11-24-54(44-51)56-39-40-58-48-61(43-41-57(58)46-56)70-67-26-9-10-27-68(67)72(71-63(29-14-33-69(70)71)60-42-38-53-22-7-8-23-55(53)47-60)66-32-15-30-64-62(28-13-31-65(64)66)59-25-12-21-52(45-59)37-35-50-18-5-2-6-19-50/h2*1-48H/b38-36+,39-37+;36-34+,37-35+. The molecule has 26 aromatic carbocycles. The van der Waals surface area contributed by atoms with Crippen molar-refractivity contribution in [3.63, 3.8) is 0 Å². The van der Waals surface area contributed by atoms with E-state index >= 15 is 0 Å². The highest BCUT2D eigenvalue weighted by molar-refractivity contribution is 6.31. The Morgan fingerprint density at radius 3 is 0.729 bits per heavy atom. The van der Waals surface area contributed by atoms with E-state index in [0.29, 0.717) is 0 Å². The molecule has 0 aromatic heterocycles. The van der Waals surface area contributed by atoms with Gasteiger partial charge in [-0.3, -0.25) is 0 Å². The second-order valence-electron chi connectivity index (χ2n) is 37.5. The van der Waals surface area contributed by atoms with Crippen LogP contribution in [0.1, 0.15) is 44.5 Å². The van der Waals surface area contributed by atoms with E-state index in [1.165, 1.54) is 264 Å². The van der Waals surface area contributed by atoms with Crippen LogP contribution in [-0.2, 0) is 0 Å². The number of hydrogen-bond acceptors (Lipinski definition) is 0. The van der Waals surface area contributed by atoms with Gasteiger partial charge in [0.2, 0.25) is 0 Å². The lowest BCUT2D eigenvalue weighted by atomic mass is 9.80. The van der Waals surface area contributed by atoms with Gasteiger partial charge in [-0.15, -0.1) is 0 Å². The van der Waals surface area contributed by atoms with Gasteiger partial charge in [0.25, 0.3) is 0 Å². The Morgan fingerprint density at radius 1 is 0.0972 bits per heavy atom. The van der Waals surface area contributed by atoms with Gasteiger partial charge in [0, 0.05) is 0 Å². The summed E-state index contributed by atoms with van der Waals surface area (Å²) in [5.74, 6) is 0. The van der Waals surface area contributed by atoms with Crippen LogP contribution in [0.3, 0.4) is 0 Å². The molecule has 0 unspecified atom stereocenters. The van der Waals surface area contributed by atoms with Crippen molar-refractivity contribution in [1.82, 2.24) is 0 Å². The Balaban J connectivity index is 0.000000151. The monoisotopic (exact) mass is 1820 g/mol. The average Bonchev–Trinajstić information content (AvgIpc) is 0.706. The first-order valence-corrected chi connectivity index (χ1v) is 49.8. The van der Waals surface area contributed by atoms with Crippen LogP contribution in [0.25, 0.3) is 268 Å². The van der Waals surface area contributed by atoms with Gasteiger partial charge in [-0.2, -0.15) is 0 Å². The molecule has 0 fully saturated rings. The quantitative estimate of drug-likeness (QED) is 0.0593. The third-order valence-electron chi connectivity index (χ3n) is 28.8. The van der Waals surface area contributed by atoms with E-state index in [1.54, 1.807) is 0 Å². The Kier molecular flexibility index (Phi) is 23.3. The molecule has 26 aromatic rings. The van der Waals surface area contributed by atoms with Gasteiger partial charge < -0.3 is 0 Å². The molecular formula is C144H96. The number of hydrogen-bond donors (Lipinski definition) is 0. The first kappa shape index (κ1) is 86.8. The smallest absolute Gasteiger partial charge is 0.00139 e. The molecule has 0 aliphatic carbocycles. The summed E-state index contributed by atoms with van der Waals surface area (Å²) in [6.07, 6.45) is 17.6. The van der Waals surface area contributed by atoms with Crippen molar-refractivity contribution in [2.45, 2.75) is 0 Å². The van der Waals surface area contributed by atoms with E-state index in [2.05, 4.69) is 582 Å². The minimum atomic E-state index is 1.17. The van der Waals surface area contributed by atoms with Gasteiger partial charge in [-0.25, -0.2) is 0 Å². The molecule has 0 spiro atoms. The summed E-state index contributed by atoms with van der Waals surface area (Å²) in [6, 6.07) is 196. The number of fused-ring (bicyclic) bond motifs is 10. The minimum Gasteiger partial charge on any atom is -0.0622 e. The predicted octanol–water partition coefficient (Wildman–Crippen LogP) is 40.3. The molecule has 0 aliphatic rings. The largest absolute Gasteiger partial charge is 0.0622 e. The Hall–Kier alpha value is -18.7. The SMILES string of the molecule is C(=C\c1cccc(-c2ccc(-c3c4ccccc4c(-c4ccc(-c5cccc(/C=C/c6ccccc6)c5)c5ccccc45)c4c(-c5ccc6ccccc6c5)cccc34)c3ccccc23)c1)/c1ccccc1.C(=C\c1cccc(-c2ccc3cc(-c4c5ccccc5c(-c5cccc6c(-c7cccc(/C=C/c8ccccc8)c7)cccc56)c5c(-c6ccc7ccccc7c6)cccc45)ccc3c2)c1)/c1ccccc1. The molecule has 0 saturated heterocycles. The van der Waals surface area contributed by atoms with Crippen molar-refractivity contribution in [2.24, 2.45) is 0 Å². The molecule has 672 valence electrons. The van der Waals surface area contributed by atoms with Crippen molar-refractivity contribution < 1.29 is 0 Å². The fraction of sp³-hybridized carbons (Fsp3) is 0. The van der Waals surface area contributed by atoms with Crippen LogP contribution in [0.15, 0.2) is 534 Å². The Bertz CT molecular complexity index is 9610. The van der Waals surface area contributed by atoms with Crippen LogP contribution in [0, 0.1) is 0 Å². The second kappa shape index (κ2) is 38.6. The van der Waals surface area contributed by atoms with Crippen LogP contribution in [0.5, 0.6) is 0 Å². The summed E-state index contributed by atoms with van der Waals surface area (Å²) in [5.41, 5.74) is 33.8.